The van der Waals surface area contributed by atoms with Gasteiger partial charge in [-0.25, -0.2) is 4.79 Å². The number of pyridine rings is 1. The van der Waals surface area contributed by atoms with Crippen LogP contribution in [-0.2, 0) is 6.54 Å². The van der Waals surface area contributed by atoms with E-state index in [1.807, 2.05) is 24.3 Å². The molecular weight excluding hydrogens is 400 g/mol. The Kier molecular flexibility index (Phi) is 7.92. The lowest BCUT2D eigenvalue weighted by atomic mass is 10.1. The fourth-order valence-electron chi connectivity index (χ4n) is 3.90. The molecule has 0 radical (unpaired) electrons. The van der Waals surface area contributed by atoms with Crippen LogP contribution in [0.25, 0.3) is 10.8 Å². The molecule has 3 rings (SSSR count). The summed E-state index contributed by atoms with van der Waals surface area (Å²) < 4.78 is 1.68. The van der Waals surface area contributed by atoms with E-state index in [1.165, 1.54) is 11.3 Å². The van der Waals surface area contributed by atoms with Crippen molar-refractivity contribution >= 4 is 28.2 Å². The van der Waals surface area contributed by atoms with Crippen LogP contribution in [0, 0.1) is 12.8 Å². The van der Waals surface area contributed by atoms with Gasteiger partial charge in [0.25, 0.3) is 5.56 Å². The molecule has 0 saturated heterocycles. The van der Waals surface area contributed by atoms with Crippen molar-refractivity contribution in [1.82, 2.24) is 9.88 Å². The molecule has 6 nitrogen and oxygen atoms in total. The Morgan fingerprint density at radius 1 is 1.09 bits per heavy atom. The van der Waals surface area contributed by atoms with Crippen molar-refractivity contribution in [2.24, 2.45) is 5.92 Å². The molecule has 3 aromatic rings. The Bertz CT molecular complexity index is 1120. The molecule has 32 heavy (non-hydrogen) atoms. The molecule has 1 heterocycles. The van der Waals surface area contributed by atoms with Crippen LogP contribution >= 0.6 is 0 Å². The first-order chi connectivity index (χ1) is 15.4. The van der Waals surface area contributed by atoms with E-state index >= 15 is 0 Å². The van der Waals surface area contributed by atoms with Crippen LogP contribution in [0.2, 0.25) is 0 Å². The summed E-state index contributed by atoms with van der Waals surface area (Å²) >= 11 is 0. The lowest BCUT2D eigenvalue weighted by molar-refractivity contribution is 0.252. The fourth-order valence-corrected chi connectivity index (χ4v) is 3.90. The van der Waals surface area contributed by atoms with Crippen molar-refractivity contribution in [1.29, 1.82) is 0 Å². The number of carbonyl (C=O) groups excluding carboxylic acids is 1. The largest absolute Gasteiger partial charge is 0.372 e. The molecule has 2 aromatic carbocycles. The number of anilines is 2. The summed E-state index contributed by atoms with van der Waals surface area (Å²) in [5, 5.41) is 7.26. The number of hydrogen-bond donors (Lipinski definition) is 2. The second-order valence-corrected chi connectivity index (χ2v) is 8.59. The quantitative estimate of drug-likeness (QED) is 0.466. The minimum atomic E-state index is -0.261. The second kappa shape index (κ2) is 10.8. The fraction of sp³-hybridized carbons (Fsp3) is 0.385. The molecule has 0 spiro atoms. The number of nitrogens with zero attached hydrogens (tertiary/aromatic N) is 2. The maximum absolute atomic E-state index is 12.8. The van der Waals surface area contributed by atoms with E-state index in [4.69, 9.17) is 0 Å². The van der Waals surface area contributed by atoms with Gasteiger partial charge in [0.05, 0.1) is 5.69 Å². The standard InChI is InChI=1S/C26H34N4O2/c1-5-29(21-11-8-10-20(4)16-21)15-9-14-27-26(32)28-24-18-30(17-19(2)3)25(31)23-13-7-6-12-22(23)24/h6-8,10-13,16,18-19H,5,9,14-15,17H2,1-4H3,(H2,27,28,32). The maximum Gasteiger partial charge on any atom is 0.319 e. The number of rotatable bonds is 9. The molecule has 0 saturated carbocycles. The number of nitrogens with one attached hydrogen (secondary N) is 2. The summed E-state index contributed by atoms with van der Waals surface area (Å²) in [7, 11) is 0. The third-order valence-corrected chi connectivity index (χ3v) is 5.44. The van der Waals surface area contributed by atoms with Crippen LogP contribution in [0.4, 0.5) is 16.2 Å². The number of carbonyl (C=O) groups is 1. The monoisotopic (exact) mass is 434 g/mol. The molecule has 2 amide bonds. The third-order valence-electron chi connectivity index (χ3n) is 5.44. The van der Waals surface area contributed by atoms with Crippen LogP contribution in [0.5, 0.6) is 0 Å². The first-order valence-corrected chi connectivity index (χ1v) is 11.4. The predicted molar refractivity (Wildman–Crippen MR) is 134 cm³/mol. The third kappa shape index (κ3) is 5.90. The van der Waals surface area contributed by atoms with Crippen molar-refractivity contribution in [3.8, 4) is 0 Å². The van der Waals surface area contributed by atoms with Crippen LogP contribution in [0.15, 0.2) is 59.5 Å². The van der Waals surface area contributed by atoms with Crippen LogP contribution in [0.1, 0.15) is 32.8 Å². The highest BCUT2D eigenvalue weighted by Crippen LogP contribution is 2.21. The molecule has 0 unspecified atom stereocenters. The van der Waals surface area contributed by atoms with Gasteiger partial charge in [0.1, 0.15) is 0 Å². The van der Waals surface area contributed by atoms with Crippen molar-refractivity contribution < 1.29 is 4.79 Å². The lowest BCUT2D eigenvalue weighted by Crippen LogP contribution is -2.33. The Hall–Kier alpha value is -3.28. The van der Waals surface area contributed by atoms with Gasteiger partial charge in [0.15, 0.2) is 0 Å². The molecule has 0 aliphatic rings. The van der Waals surface area contributed by atoms with Gasteiger partial charge in [-0.3, -0.25) is 4.79 Å². The van der Waals surface area contributed by atoms with Gasteiger partial charge < -0.3 is 20.1 Å². The minimum absolute atomic E-state index is 0.0314. The second-order valence-electron chi connectivity index (χ2n) is 8.59. The van der Waals surface area contributed by atoms with Gasteiger partial charge in [0, 0.05) is 48.8 Å². The number of amides is 2. The Labute approximate surface area is 190 Å². The van der Waals surface area contributed by atoms with Gasteiger partial charge >= 0.3 is 6.03 Å². The molecule has 0 aliphatic heterocycles. The number of urea groups is 1. The maximum atomic E-state index is 12.8. The van der Waals surface area contributed by atoms with Crippen LogP contribution < -0.4 is 21.1 Å². The number of fused-ring (bicyclic) bond motifs is 1. The average Bonchev–Trinajstić information content (AvgIpc) is 2.76. The number of aromatic nitrogens is 1. The molecule has 170 valence electrons. The van der Waals surface area contributed by atoms with Crippen molar-refractivity contribution in [3.63, 3.8) is 0 Å². The predicted octanol–water partition coefficient (Wildman–Crippen LogP) is 5.00. The zero-order chi connectivity index (χ0) is 23.1. The van der Waals surface area contributed by atoms with E-state index in [2.05, 4.69) is 67.5 Å². The van der Waals surface area contributed by atoms with E-state index in [0.29, 0.717) is 30.1 Å². The summed E-state index contributed by atoms with van der Waals surface area (Å²) in [5.41, 5.74) is 3.06. The Morgan fingerprint density at radius 3 is 2.53 bits per heavy atom. The topological polar surface area (TPSA) is 66.4 Å². The Balaban J connectivity index is 1.62. The zero-order valence-corrected chi connectivity index (χ0v) is 19.5. The minimum Gasteiger partial charge on any atom is -0.372 e. The van der Waals surface area contributed by atoms with Gasteiger partial charge in [-0.05, 0) is 49.9 Å². The molecular formula is C26H34N4O2. The molecule has 1 aromatic heterocycles. The molecule has 0 bridgehead atoms. The van der Waals surface area contributed by atoms with Gasteiger partial charge in [-0.2, -0.15) is 0 Å². The van der Waals surface area contributed by atoms with E-state index < -0.39 is 0 Å². The van der Waals surface area contributed by atoms with Gasteiger partial charge in [-0.1, -0.05) is 44.2 Å². The highest BCUT2D eigenvalue weighted by atomic mass is 16.2. The first-order valence-electron chi connectivity index (χ1n) is 11.4. The van der Waals surface area contributed by atoms with Gasteiger partial charge in [0.2, 0.25) is 0 Å². The van der Waals surface area contributed by atoms with E-state index in [9.17, 15) is 9.59 Å². The van der Waals surface area contributed by atoms with Crippen molar-refractivity contribution in [3.05, 3.63) is 70.6 Å². The molecule has 0 aliphatic carbocycles. The highest BCUT2D eigenvalue weighted by Gasteiger charge is 2.12. The van der Waals surface area contributed by atoms with E-state index in [1.54, 1.807) is 10.8 Å². The molecule has 6 heteroatoms. The first kappa shape index (κ1) is 23.4. The lowest BCUT2D eigenvalue weighted by Gasteiger charge is -2.23. The highest BCUT2D eigenvalue weighted by molar-refractivity contribution is 6.00. The van der Waals surface area contributed by atoms with Crippen LogP contribution in [-0.4, -0.2) is 30.2 Å². The summed E-state index contributed by atoms with van der Waals surface area (Å²) in [6, 6.07) is 15.6. The van der Waals surface area contributed by atoms with Crippen LogP contribution in [0.3, 0.4) is 0 Å². The summed E-state index contributed by atoms with van der Waals surface area (Å²) in [4.78, 5) is 27.7. The summed E-state index contributed by atoms with van der Waals surface area (Å²) in [6.45, 7) is 11.3. The molecule has 0 atom stereocenters. The van der Waals surface area contributed by atoms with E-state index in [0.717, 1.165) is 24.9 Å². The average molecular weight is 435 g/mol. The molecule has 0 fully saturated rings. The van der Waals surface area contributed by atoms with Crippen molar-refractivity contribution in [2.75, 3.05) is 29.9 Å². The van der Waals surface area contributed by atoms with Gasteiger partial charge in [-0.15, -0.1) is 0 Å². The number of hydrogen-bond acceptors (Lipinski definition) is 3. The zero-order valence-electron chi connectivity index (χ0n) is 19.5. The Morgan fingerprint density at radius 2 is 1.84 bits per heavy atom. The smallest absolute Gasteiger partial charge is 0.319 e. The summed E-state index contributed by atoms with van der Waals surface area (Å²) in [6.07, 6.45) is 2.59. The number of aryl methyl sites for hydroxylation is 1. The SMILES string of the molecule is CCN(CCCNC(=O)Nc1cn(CC(C)C)c(=O)c2ccccc12)c1cccc(C)c1. The molecule has 2 N–H and O–H groups in total. The number of benzene rings is 2. The normalized spacial score (nSPS) is 11.0. The van der Waals surface area contributed by atoms with Crippen molar-refractivity contribution in [2.45, 2.75) is 40.7 Å². The van der Waals surface area contributed by atoms with E-state index in [-0.39, 0.29) is 11.6 Å². The summed E-state index contributed by atoms with van der Waals surface area (Å²) in [5.74, 6) is 0.324.